The van der Waals surface area contributed by atoms with Gasteiger partial charge in [0.2, 0.25) is 5.91 Å². The molecule has 118 valence electrons. The predicted molar refractivity (Wildman–Crippen MR) is 84.3 cm³/mol. The number of aromatic nitrogens is 2. The van der Waals surface area contributed by atoms with Crippen molar-refractivity contribution in [1.82, 2.24) is 20.0 Å². The van der Waals surface area contributed by atoms with Crippen LogP contribution in [0.1, 0.15) is 42.6 Å². The Bertz CT molecular complexity index is 481. The van der Waals surface area contributed by atoms with Crippen LogP contribution in [0, 0.1) is 13.8 Å². The van der Waals surface area contributed by atoms with Crippen molar-refractivity contribution in [2.45, 2.75) is 52.0 Å². The van der Waals surface area contributed by atoms with Gasteiger partial charge in [-0.2, -0.15) is 5.10 Å². The first kappa shape index (κ1) is 16.0. The van der Waals surface area contributed by atoms with Crippen LogP contribution in [0.5, 0.6) is 0 Å². The lowest BCUT2D eigenvalue weighted by Crippen LogP contribution is -2.34. The van der Waals surface area contributed by atoms with Crippen molar-refractivity contribution >= 4 is 5.91 Å². The average Bonchev–Trinajstić information content (AvgIpc) is 2.69. The van der Waals surface area contributed by atoms with Crippen LogP contribution in [0.25, 0.3) is 0 Å². The van der Waals surface area contributed by atoms with Crippen LogP contribution in [0.2, 0.25) is 0 Å². The van der Waals surface area contributed by atoms with Crippen LogP contribution in [0.15, 0.2) is 0 Å². The summed E-state index contributed by atoms with van der Waals surface area (Å²) >= 11 is 0. The number of aryl methyl sites for hydroxylation is 2. The molecule has 1 atom stereocenters. The van der Waals surface area contributed by atoms with Crippen molar-refractivity contribution in [2.24, 2.45) is 0 Å². The van der Waals surface area contributed by atoms with Crippen LogP contribution in [0.3, 0.4) is 0 Å². The van der Waals surface area contributed by atoms with Gasteiger partial charge in [-0.15, -0.1) is 0 Å². The lowest BCUT2D eigenvalue weighted by Gasteiger charge is -2.23. The minimum Gasteiger partial charge on any atom is -0.343 e. The fraction of sp³-hybridized carbons (Fsp3) is 0.750. The van der Waals surface area contributed by atoms with Gasteiger partial charge in [-0.05, 0) is 52.8 Å². The molecule has 5 nitrogen and oxygen atoms in total. The molecule has 1 aromatic heterocycles. The molecule has 0 aliphatic carbocycles. The zero-order chi connectivity index (χ0) is 15.4. The molecule has 0 radical (unpaired) electrons. The molecular formula is C16H28N4O. The lowest BCUT2D eigenvalue weighted by molar-refractivity contribution is -0.131. The van der Waals surface area contributed by atoms with E-state index < -0.39 is 0 Å². The molecule has 1 aromatic rings. The minimum atomic E-state index is 0.273. The molecule has 0 aromatic carbocycles. The fourth-order valence-corrected chi connectivity index (χ4v) is 3.01. The molecule has 21 heavy (non-hydrogen) atoms. The maximum Gasteiger partial charge on any atom is 0.222 e. The zero-order valence-corrected chi connectivity index (χ0v) is 13.8. The van der Waals surface area contributed by atoms with E-state index in [1.807, 2.05) is 11.8 Å². The molecule has 0 saturated carbocycles. The third-order valence-corrected chi connectivity index (χ3v) is 4.71. The Morgan fingerprint density at radius 3 is 2.71 bits per heavy atom. The number of amides is 1. The Labute approximate surface area is 127 Å². The van der Waals surface area contributed by atoms with Crippen molar-refractivity contribution in [3.05, 3.63) is 17.0 Å². The van der Waals surface area contributed by atoms with Crippen molar-refractivity contribution in [1.29, 1.82) is 0 Å². The molecular weight excluding hydrogens is 264 g/mol. The summed E-state index contributed by atoms with van der Waals surface area (Å²) < 4.78 is 0. The Hall–Kier alpha value is -1.36. The number of rotatable bonds is 4. The molecule has 0 unspecified atom stereocenters. The molecule has 1 N–H and O–H groups in total. The number of hydrogen-bond donors (Lipinski definition) is 1. The second kappa shape index (κ2) is 7.07. The average molecular weight is 292 g/mol. The topological polar surface area (TPSA) is 52.2 Å². The summed E-state index contributed by atoms with van der Waals surface area (Å²) in [7, 11) is 4.26. The van der Waals surface area contributed by atoms with Gasteiger partial charge in [0.15, 0.2) is 0 Å². The van der Waals surface area contributed by atoms with E-state index in [4.69, 9.17) is 0 Å². The summed E-state index contributed by atoms with van der Waals surface area (Å²) in [5, 5.41) is 7.27. The van der Waals surface area contributed by atoms with Crippen molar-refractivity contribution in [3.8, 4) is 0 Å². The summed E-state index contributed by atoms with van der Waals surface area (Å²) in [5.74, 6) is 0.273. The molecule has 0 bridgehead atoms. The minimum absolute atomic E-state index is 0.273. The van der Waals surface area contributed by atoms with Gasteiger partial charge in [-0.3, -0.25) is 9.89 Å². The van der Waals surface area contributed by atoms with Gasteiger partial charge in [0.1, 0.15) is 0 Å². The number of nitrogens with one attached hydrogen (secondary N) is 1. The number of aromatic amines is 1. The number of hydrogen-bond acceptors (Lipinski definition) is 3. The van der Waals surface area contributed by atoms with Gasteiger partial charge in [-0.1, -0.05) is 0 Å². The van der Waals surface area contributed by atoms with Crippen LogP contribution in [-0.2, 0) is 11.2 Å². The van der Waals surface area contributed by atoms with Crippen molar-refractivity contribution in [2.75, 3.05) is 27.2 Å². The monoisotopic (exact) mass is 292 g/mol. The molecule has 1 saturated heterocycles. The van der Waals surface area contributed by atoms with Crippen molar-refractivity contribution in [3.63, 3.8) is 0 Å². The third kappa shape index (κ3) is 4.06. The molecule has 1 aliphatic heterocycles. The number of H-pyrrole nitrogens is 1. The Morgan fingerprint density at radius 1 is 1.33 bits per heavy atom. The Kier molecular flexibility index (Phi) is 5.39. The molecule has 2 rings (SSSR count). The highest BCUT2D eigenvalue weighted by Crippen LogP contribution is 2.16. The maximum absolute atomic E-state index is 12.4. The highest BCUT2D eigenvalue weighted by atomic mass is 16.2. The van der Waals surface area contributed by atoms with Crippen LogP contribution < -0.4 is 0 Å². The van der Waals surface area contributed by atoms with Crippen LogP contribution >= 0.6 is 0 Å². The number of nitrogens with zero attached hydrogens (tertiary/aromatic N) is 3. The van der Waals surface area contributed by atoms with E-state index in [1.165, 1.54) is 12.0 Å². The largest absolute Gasteiger partial charge is 0.343 e. The van der Waals surface area contributed by atoms with Gasteiger partial charge in [0.05, 0.1) is 5.69 Å². The summed E-state index contributed by atoms with van der Waals surface area (Å²) in [6.45, 7) is 5.87. The summed E-state index contributed by atoms with van der Waals surface area (Å²) in [5.41, 5.74) is 3.31. The van der Waals surface area contributed by atoms with Crippen LogP contribution in [0.4, 0.5) is 0 Å². The first-order valence-corrected chi connectivity index (χ1v) is 7.93. The first-order valence-electron chi connectivity index (χ1n) is 7.93. The van der Waals surface area contributed by atoms with Crippen LogP contribution in [-0.4, -0.2) is 59.1 Å². The molecule has 2 heterocycles. The number of carbonyl (C=O) groups is 1. The summed E-state index contributed by atoms with van der Waals surface area (Å²) in [6.07, 6.45) is 4.68. The van der Waals surface area contributed by atoms with Gasteiger partial charge in [0, 0.05) is 37.7 Å². The highest BCUT2D eigenvalue weighted by molar-refractivity contribution is 5.76. The SMILES string of the molecule is Cc1[nH]nc(CCC(=O)N2CCC[C@@H](N(C)C)CC2)c1C. The molecule has 1 aliphatic rings. The molecule has 1 fully saturated rings. The molecule has 5 heteroatoms. The molecule has 0 spiro atoms. The van der Waals surface area contributed by atoms with Gasteiger partial charge < -0.3 is 9.80 Å². The Balaban J connectivity index is 1.84. The smallest absolute Gasteiger partial charge is 0.222 e. The Morgan fingerprint density at radius 2 is 2.10 bits per heavy atom. The second-order valence-electron chi connectivity index (χ2n) is 6.35. The predicted octanol–water partition coefficient (Wildman–Crippen LogP) is 1.90. The van der Waals surface area contributed by atoms with E-state index >= 15 is 0 Å². The second-order valence-corrected chi connectivity index (χ2v) is 6.35. The first-order chi connectivity index (χ1) is 9.99. The number of carbonyl (C=O) groups excluding carboxylic acids is 1. The lowest BCUT2D eigenvalue weighted by atomic mass is 10.1. The molecule has 1 amide bonds. The summed E-state index contributed by atoms with van der Waals surface area (Å²) in [6, 6.07) is 0.610. The zero-order valence-electron chi connectivity index (χ0n) is 13.8. The quantitative estimate of drug-likeness (QED) is 0.922. The normalized spacial score (nSPS) is 19.9. The summed E-state index contributed by atoms with van der Waals surface area (Å²) in [4.78, 5) is 16.7. The standard InChI is InChI=1S/C16H28N4O/c1-12-13(2)17-18-15(12)7-8-16(21)20-10-5-6-14(9-11-20)19(3)4/h14H,5-11H2,1-4H3,(H,17,18)/t14-/m1/s1. The number of likely N-dealkylation sites (tertiary alicyclic amines) is 1. The van der Waals surface area contributed by atoms with E-state index in [2.05, 4.69) is 36.1 Å². The van der Waals surface area contributed by atoms with E-state index in [0.717, 1.165) is 43.7 Å². The van der Waals surface area contributed by atoms with E-state index in [1.54, 1.807) is 0 Å². The van der Waals surface area contributed by atoms with Crippen molar-refractivity contribution < 1.29 is 4.79 Å². The van der Waals surface area contributed by atoms with E-state index in [9.17, 15) is 4.79 Å². The fourth-order valence-electron chi connectivity index (χ4n) is 3.01. The highest BCUT2D eigenvalue weighted by Gasteiger charge is 2.21. The third-order valence-electron chi connectivity index (χ3n) is 4.71. The van der Waals surface area contributed by atoms with Gasteiger partial charge in [-0.25, -0.2) is 0 Å². The van der Waals surface area contributed by atoms with Gasteiger partial charge in [0.25, 0.3) is 0 Å². The van der Waals surface area contributed by atoms with Gasteiger partial charge >= 0.3 is 0 Å². The van der Waals surface area contributed by atoms with E-state index in [-0.39, 0.29) is 5.91 Å². The maximum atomic E-state index is 12.4. The van der Waals surface area contributed by atoms with E-state index in [0.29, 0.717) is 12.5 Å².